The van der Waals surface area contributed by atoms with E-state index >= 15 is 8.78 Å². The number of aryl methyl sites for hydroxylation is 2. The second-order valence-electron chi connectivity index (χ2n) is 24.9. The fraction of sp³-hybridized carbons (Fsp3) is 0.524. The molecule has 5 aliphatic heterocycles. The van der Waals surface area contributed by atoms with Crippen molar-refractivity contribution in [2.75, 3.05) is 50.8 Å². The van der Waals surface area contributed by atoms with Crippen molar-refractivity contribution in [3.05, 3.63) is 88.7 Å². The molecular weight excluding hydrogens is 1110 g/mol. The van der Waals surface area contributed by atoms with Gasteiger partial charge in [0.2, 0.25) is 17.7 Å². The summed E-state index contributed by atoms with van der Waals surface area (Å²) < 4.78 is 44.9. The summed E-state index contributed by atoms with van der Waals surface area (Å²) in [4.78, 5) is 80.1. The van der Waals surface area contributed by atoms with E-state index in [0.29, 0.717) is 59.9 Å². The molecular formula is C63H77F2N11O8S. The van der Waals surface area contributed by atoms with Crippen LogP contribution in [0.15, 0.2) is 60.2 Å². The molecule has 3 aromatic carbocycles. The number of phenolic OH excluding ortho intramolecular Hbond substituents is 1. The van der Waals surface area contributed by atoms with Crippen molar-refractivity contribution in [2.45, 2.75) is 160 Å². The number of rotatable bonds is 19. The van der Waals surface area contributed by atoms with Crippen LogP contribution in [-0.2, 0) is 25.5 Å². The lowest BCUT2D eigenvalue weighted by atomic mass is 9.85. The summed E-state index contributed by atoms with van der Waals surface area (Å²) in [5, 5.41) is 35.4. The van der Waals surface area contributed by atoms with E-state index in [-0.39, 0.29) is 104 Å². The highest BCUT2D eigenvalue weighted by Gasteiger charge is 2.51. The first-order valence-corrected chi connectivity index (χ1v) is 30.9. The minimum atomic E-state index is -0.970. The number of piperazine rings is 1. The van der Waals surface area contributed by atoms with E-state index in [1.54, 1.807) is 23.6 Å². The molecule has 5 saturated heterocycles. The predicted octanol–water partition coefficient (Wildman–Crippen LogP) is 8.41. The number of phenols is 1. The van der Waals surface area contributed by atoms with Gasteiger partial charge in [-0.2, -0.15) is 9.97 Å². The van der Waals surface area contributed by atoms with Crippen LogP contribution in [0.2, 0.25) is 0 Å². The number of carbonyl (C=O) groups is 4. The average Bonchev–Trinajstić information content (AvgIpc) is 2.34. The zero-order chi connectivity index (χ0) is 59.9. The first kappa shape index (κ1) is 59.6. The number of likely N-dealkylation sites (tertiary alicyclic amines) is 1. The van der Waals surface area contributed by atoms with Crippen LogP contribution >= 0.6 is 11.3 Å². The molecule has 4 unspecified atom stereocenters. The van der Waals surface area contributed by atoms with Gasteiger partial charge in [0.15, 0.2) is 5.82 Å². The Morgan fingerprint density at radius 1 is 0.965 bits per heavy atom. The molecule has 0 aliphatic carbocycles. The number of halogens is 2. The van der Waals surface area contributed by atoms with Crippen LogP contribution in [-0.4, -0.2) is 152 Å². The molecule has 0 radical (unpaired) electrons. The number of unbranched alkanes of at least 4 members (excludes halogenated alkanes) is 1. The molecule has 4 amide bonds. The van der Waals surface area contributed by atoms with Crippen LogP contribution in [0.4, 0.5) is 19.4 Å². The Hall–Kier alpha value is -7.14. The highest BCUT2D eigenvalue weighted by Crippen LogP contribution is 2.44. The number of thiazole rings is 1. The van der Waals surface area contributed by atoms with Gasteiger partial charge in [-0.15, -0.1) is 11.3 Å². The maximum atomic E-state index is 17.3. The van der Waals surface area contributed by atoms with Crippen molar-refractivity contribution in [1.29, 1.82) is 0 Å². The first-order chi connectivity index (χ1) is 40.8. The molecule has 0 spiro atoms. The SMILES string of the molecule is CCc1c(F)ccc2cc(O)cc(-c3ncc4c(N5CC6CCC(C5)N6)nc(OCC56CCCN5C(COC(=O)NCCCCC(=O)N[C@H](C(=O)N5C[C@H](O)C[C@H]5C(=O)N[C@@H](C)c5ccc(-c7scnc7C)cc5)C(C)(C)C)CC6)nc4c3F)c12. The number of benzene rings is 3. The minimum Gasteiger partial charge on any atom is -0.508 e. The minimum absolute atomic E-state index is 0.0139. The molecule has 452 valence electrons. The maximum Gasteiger partial charge on any atom is 0.407 e. The Kier molecular flexibility index (Phi) is 17.3. The molecule has 5 aliphatic rings. The molecule has 22 heteroatoms. The molecule has 85 heavy (non-hydrogen) atoms. The van der Waals surface area contributed by atoms with Gasteiger partial charge in [0, 0.05) is 68.9 Å². The number of ether oxygens (including phenoxy) is 2. The van der Waals surface area contributed by atoms with Gasteiger partial charge in [-0.05, 0) is 129 Å². The number of anilines is 1. The highest BCUT2D eigenvalue weighted by atomic mass is 32.1. The van der Waals surface area contributed by atoms with Crippen LogP contribution in [0.25, 0.3) is 43.4 Å². The molecule has 11 rings (SSSR count). The molecule has 5 fully saturated rings. The predicted molar refractivity (Wildman–Crippen MR) is 320 cm³/mol. The zero-order valence-corrected chi connectivity index (χ0v) is 50.0. The largest absolute Gasteiger partial charge is 0.508 e. The number of aromatic nitrogens is 4. The van der Waals surface area contributed by atoms with Crippen LogP contribution in [0.3, 0.4) is 0 Å². The standard InChI is InChI=1S/C63H77F2N11O8S/c1-7-45-48(64)19-16-39-25-43(77)26-46(51(39)45)53-52(65)54-47(28-67-53)57(74-29-40-17-18-41(30-74)70-40)73-60(72-54)84-33-63-21-10-24-76(63)42(20-22-63)32-83-61(82)66-23-9-8-11-50(79)71-56(62(4,5)6)59(81)75-31-44(78)27-49(75)58(80)69-35(2)37-12-14-38(15-13-37)55-36(3)68-34-85-55/h12-16,19,25-26,28,34-35,40-42,44,49,56,70,77-78H,7-11,17-18,20-24,27,29-33H2,1-6H3,(H,66,82)(H,69,80)(H,71,79)/t35-,40?,41?,42?,44+,49-,56+,63?/m0/s1. The number of nitrogens with one attached hydrogen (secondary N) is 4. The Balaban J connectivity index is 0.672. The number of nitrogens with zero attached hydrogens (tertiary/aromatic N) is 7. The number of pyridine rings is 1. The second kappa shape index (κ2) is 24.7. The van der Waals surface area contributed by atoms with Gasteiger partial charge in [-0.3, -0.25) is 24.3 Å². The number of amides is 4. The third-order valence-corrected chi connectivity index (χ3v) is 19.0. The number of fused-ring (bicyclic) bond motifs is 5. The number of hydrogen-bond acceptors (Lipinski definition) is 16. The highest BCUT2D eigenvalue weighted by molar-refractivity contribution is 7.13. The Morgan fingerprint density at radius 3 is 2.47 bits per heavy atom. The average molecular weight is 1190 g/mol. The summed E-state index contributed by atoms with van der Waals surface area (Å²) in [6, 6.07) is 12.0. The molecule has 2 bridgehead atoms. The van der Waals surface area contributed by atoms with E-state index in [4.69, 9.17) is 19.4 Å². The zero-order valence-electron chi connectivity index (χ0n) is 49.2. The van der Waals surface area contributed by atoms with Gasteiger partial charge < -0.3 is 50.8 Å². The van der Waals surface area contributed by atoms with Gasteiger partial charge in [0.1, 0.15) is 53.9 Å². The number of alkyl carbamates (subject to hydrolysis) is 1. The lowest BCUT2D eigenvalue weighted by Crippen LogP contribution is -2.57. The Morgan fingerprint density at radius 2 is 1.74 bits per heavy atom. The molecule has 6 aromatic rings. The smallest absolute Gasteiger partial charge is 0.407 e. The number of β-amino-alcohol motifs (C(OH)–C–C–N with tert-alkyl or cyclic N) is 1. The first-order valence-electron chi connectivity index (χ1n) is 30.0. The summed E-state index contributed by atoms with van der Waals surface area (Å²) in [6.45, 7) is 13.9. The van der Waals surface area contributed by atoms with Gasteiger partial charge in [-0.25, -0.2) is 18.6 Å². The van der Waals surface area contributed by atoms with Gasteiger partial charge in [0.25, 0.3) is 0 Å². The fourth-order valence-corrected chi connectivity index (χ4v) is 14.4. The quantitative estimate of drug-likeness (QED) is 0.0418. The maximum absolute atomic E-state index is 17.3. The number of carbonyl (C=O) groups excluding carboxylic acids is 4. The summed E-state index contributed by atoms with van der Waals surface area (Å²) in [6.07, 6.45) is 6.82. The van der Waals surface area contributed by atoms with Crippen molar-refractivity contribution >= 4 is 62.6 Å². The van der Waals surface area contributed by atoms with Crippen LogP contribution < -0.4 is 30.9 Å². The van der Waals surface area contributed by atoms with Crippen molar-refractivity contribution in [1.82, 2.24) is 51.0 Å². The number of aromatic hydroxyl groups is 1. The molecule has 19 nitrogen and oxygen atoms in total. The molecule has 0 saturated carbocycles. The summed E-state index contributed by atoms with van der Waals surface area (Å²) in [5.41, 5.74) is 4.17. The lowest BCUT2D eigenvalue weighted by molar-refractivity contribution is -0.144. The molecule has 6 N–H and O–H groups in total. The van der Waals surface area contributed by atoms with Crippen LogP contribution in [0, 0.1) is 24.0 Å². The monoisotopic (exact) mass is 1190 g/mol. The molecule has 8 heterocycles. The van der Waals surface area contributed by atoms with Crippen molar-refractivity contribution in [3.63, 3.8) is 0 Å². The summed E-state index contributed by atoms with van der Waals surface area (Å²) >= 11 is 1.57. The van der Waals surface area contributed by atoms with E-state index in [9.17, 15) is 29.4 Å². The van der Waals surface area contributed by atoms with E-state index in [2.05, 4.69) is 41.0 Å². The van der Waals surface area contributed by atoms with Crippen molar-refractivity contribution < 1.29 is 47.6 Å². The van der Waals surface area contributed by atoms with Crippen LogP contribution in [0.1, 0.15) is 122 Å². The van der Waals surface area contributed by atoms with E-state index in [0.717, 1.165) is 66.8 Å². The van der Waals surface area contributed by atoms with E-state index in [1.807, 2.05) is 71.3 Å². The Bertz CT molecular complexity index is 3480. The van der Waals surface area contributed by atoms with Crippen molar-refractivity contribution in [2.24, 2.45) is 5.41 Å². The Labute approximate surface area is 497 Å². The molecule has 8 atom stereocenters. The summed E-state index contributed by atoms with van der Waals surface area (Å²) in [5.74, 6) is -1.91. The third-order valence-electron chi connectivity index (χ3n) is 18.0. The fourth-order valence-electron chi connectivity index (χ4n) is 13.6. The van der Waals surface area contributed by atoms with Crippen molar-refractivity contribution in [3.8, 4) is 33.5 Å². The lowest BCUT2D eigenvalue weighted by Gasteiger charge is -2.35. The third kappa shape index (κ3) is 12.5. The number of aliphatic hydroxyl groups excluding tert-OH is 1. The van der Waals surface area contributed by atoms with E-state index < -0.39 is 52.8 Å². The number of aliphatic hydroxyl groups is 1. The topological polar surface area (TPSA) is 237 Å². The molecule has 3 aromatic heterocycles. The van der Waals surface area contributed by atoms with Gasteiger partial charge in [0.05, 0.1) is 39.2 Å². The van der Waals surface area contributed by atoms with E-state index in [1.165, 1.54) is 23.1 Å². The normalized spacial score (nSPS) is 22.9. The second-order valence-corrected chi connectivity index (χ2v) is 25.7. The van der Waals surface area contributed by atoms with Crippen LogP contribution in [0.5, 0.6) is 11.8 Å². The number of hydrogen-bond donors (Lipinski definition) is 6. The van der Waals surface area contributed by atoms with Gasteiger partial charge in [-0.1, -0.05) is 58.0 Å². The summed E-state index contributed by atoms with van der Waals surface area (Å²) in [7, 11) is 0. The van der Waals surface area contributed by atoms with Gasteiger partial charge >= 0.3 is 12.1 Å².